The van der Waals surface area contributed by atoms with Gasteiger partial charge in [-0.15, -0.1) is 0 Å². The van der Waals surface area contributed by atoms with Crippen LogP contribution < -0.4 is 9.80 Å². The zero-order valence-corrected chi connectivity index (χ0v) is 27.2. The number of rotatable bonds is 7. The Bertz CT molecular complexity index is 2630. The highest BCUT2D eigenvalue weighted by Gasteiger charge is 2.20. The SMILES string of the molecule is N#Cc1cccc(N(c2cc#ccc2)c2ccc3c(c2)c2cc(N(c4cccc(C#N)c4)c4cccc(C#N)c4)ccc2n3-c2ccccc2)c1. The lowest BCUT2D eigenvalue weighted by Gasteiger charge is -2.26. The molecule has 0 fully saturated rings. The van der Waals surface area contributed by atoms with Crippen molar-refractivity contribution >= 4 is 55.9 Å². The molecule has 0 radical (unpaired) electrons. The second-order valence-corrected chi connectivity index (χ2v) is 11.9. The zero-order chi connectivity index (χ0) is 34.7. The molecule has 1 aromatic heterocycles. The van der Waals surface area contributed by atoms with Crippen LogP contribution in [0.15, 0.2) is 158 Å². The van der Waals surface area contributed by atoms with Crippen LogP contribution in [0.1, 0.15) is 16.7 Å². The molecule has 6 heteroatoms. The van der Waals surface area contributed by atoms with E-state index >= 15 is 0 Å². The lowest BCUT2D eigenvalue weighted by Crippen LogP contribution is -2.10. The van der Waals surface area contributed by atoms with Gasteiger partial charge in [0.1, 0.15) is 0 Å². The molecular weight excluding hydrogens is 625 g/mol. The van der Waals surface area contributed by atoms with E-state index in [-0.39, 0.29) is 0 Å². The number of hydrogen-bond acceptors (Lipinski definition) is 5. The molecule has 0 bridgehead atoms. The molecule has 7 aromatic carbocycles. The highest BCUT2D eigenvalue weighted by molar-refractivity contribution is 6.12. The monoisotopic (exact) mass is 650 g/mol. The molecule has 51 heavy (non-hydrogen) atoms. The molecule has 0 saturated carbocycles. The summed E-state index contributed by atoms with van der Waals surface area (Å²) in [6.07, 6.45) is 0. The zero-order valence-electron chi connectivity index (χ0n) is 27.2. The summed E-state index contributed by atoms with van der Waals surface area (Å²) in [6.45, 7) is 0. The molecule has 1 heterocycles. The van der Waals surface area contributed by atoms with E-state index in [9.17, 15) is 15.8 Å². The third-order valence-corrected chi connectivity index (χ3v) is 8.86. The largest absolute Gasteiger partial charge is 0.310 e. The standard InChI is InChI=1S/C45H26N6/c46-29-32-10-7-17-37(24-32)49(35-13-3-1-4-14-35)40-20-22-44-42(27-40)43-28-41(21-23-45(43)51(44)36-15-5-2-6-16-36)50(38-18-8-11-33(25-38)30-47)39-19-9-12-34(26-39)31-48/h2-3,5-28H. The van der Waals surface area contributed by atoms with Crippen LogP contribution in [0, 0.1) is 46.1 Å². The predicted octanol–water partition coefficient (Wildman–Crippen LogP) is 10.9. The highest BCUT2D eigenvalue weighted by Crippen LogP contribution is 2.42. The van der Waals surface area contributed by atoms with Gasteiger partial charge in [-0.25, -0.2) is 0 Å². The Morgan fingerprint density at radius 3 is 1.35 bits per heavy atom. The van der Waals surface area contributed by atoms with Gasteiger partial charge in [-0.05, 0) is 115 Å². The van der Waals surface area contributed by atoms with Crippen molar-refractivity contribution in [3.05, 3.63) is 187 Å². The van der Waals surface area contributed by atoms with Crippen molar-refractivity contribution in [2.75, 3.05) is 9.80 Å². The van der Waals surface area contributed by atoms with E-state index in [0.29, 0.717) is 16.7 Å². The van der Waals surface area contributed by atoms with E-state index in [0.717, 1.165) is 61.6 Å². The number of para-hydroxylation sites is 1. The Labute approximate surface area is 295 Å². The maximum atomic E-state index is 9.76. The number of hydrogen-bond donors (Lipinski definition) is 0. The summed E-state index contributed by atoms with van der Waals surface area (Å²) in [4.78, 5) is 4.19. The van der Waals surface area contributed by atoms with E-state index < -0.39 is 0 Å². The molecule has 6 nitrogen and oxygen atoms in total. The summed E-state index contributed by atoms with van der Waals surface area (Å²) in [6, 6.07) is 64.2. The first kappa shape index (κ1) is 30.6. The molecule has 0 N–H and O–H groups in total. The van der Waals surface area contributed by atoms with Crippen molar-refractivity contribution in [3.63, 3.8) is 0 Å². The molecule has 0 amide bonds. The summed E-state index contributed by atoms with van der Waals surface area (Å²) in [5, 5.41) is 31.3. The van der Waals surface area contributed by atoms with E-state index in [1.54, 1.807) is 18.2 Å². The van der Waals surface area contributed by atoms with Crippen LogP contribution >= 0.6 is 0 Å². The minimum Gasteiger partial charge on any atom is -0.310 e. The topological polar surface area (TPSA) is 82.8 Å². The molecule has 0 aliphatic heterocycles. The lowest BCUT2D eigenvalue weighted by atomic mass is 10.1. The number of nitrogens with zero attached hydrogens (tertiary/aromatic N) is 6. The van der Waals surface area contributed by atoms with Crippen LogP contribution in [0.2, 0.25) is 0 Å². The highest BCUT2D eigenvalue weighted by atomic mass is 15.1. The van der Waals surface area contributed by atoms with Crippen molar-refractivity contribution in [3.8, 4) is 23.9 Å². The quantitative estimate of drug-likeness (QED) is 0.171. The molecular formula is C45H26N6. The van der Waals surface area contributed by atoms with Crippen molar-refractivity contribution in [1.82, 2.24) is 4.57 Å². The second kappa shape index (κ2) is 13.0. The lowest BCUT2D eigenvalue weighted by molar-refractivity contribution is 1.18. The number of nitriles is 3. The Morgan fingerprint density at radius 2 is 0.902 bits per heavy atom. The third kappa shape index (κ3) is 5.62. The Morgan fingerprint density at radius 1 is 0.431 bits per heavy atom. The summed E-state index contributed by atoms with van der Waals surface area (Å²) in [5.74, 6) is 0. The molecule has 0 aliphatic rings. The molecule has 0 spiro atoms. The minimum atomic E-state index is 0.539. The first-order chi connectivity index (χ1) is 25.1. The van der Waals surface area contributed by atoms with Gasteiger partial charge in [0, 0.05) is 51.0 Å². The van der Waals surface area contributed by atoms with Crippen molar-refractivity contribution in [2.45, 2.75) is 0 Å². The van der Waals surface area contributed by atoms with Gasteiger partial charge in [0.25, 0.3) is 0 Å². The number of benzene rings is 6. The summed E-state index contributed by atoms with van der Waals surface area (Å²) >= 11 is 0. The van der Waals surface area contributed by atoms with Crippen LogP contribution in [0.3, 0.4) is 0 Å². The maximum absolute atomic E-state index is 9.76. The van der Waals surface area contributed by atoms with Gasteiger partial charge in [-0.2, -0.15) is 15.8 Å². The minimum absolute atomic E-state index is 0.539. The molecule has 236 valence electrons. The van der Waals surface area contributed by atoms with Gasteiger partial charge in [0.05, 0.1) is 51.6 Å². The predicted molar refractivity (Wildman–Crippen MR) is 202 cm³/mol. The van der Waals surface area contributed by atoms with Gasteiger partial charge in [0.15, 0.2) is 0 Å². The van der Waals surface area contributed by atoms with E-state index in [1.165, 1.54) is 0 Å². The van der Waals surface area contributed by atoms with E-state index in [2.05, 4.69) is 93.2 Å². The fourth-order valence-electron chi connectivity index (χ4n) is 6.65. The summed E-state index contributed by atoms with van der Waals surface area (Å²) < 4.78 is 2.26. The molecule has 8 rings (SSSR count). The van der Waals surface area contributed by atoms with E-state index in [1.807, 2.05) is 91.0 Å². The summed E-state index contributed by atoms with van der Waals surface area (Å²) in [5.41, 5.74) is 9.85. The maximum Gasteiger partial charge on any atom is 0.0992 e. The van der Waals surface area contributed by atoms with Crippen LogP contribution in [-0.2, 0) is 0 Å². The van der Waals surface area contributed by atoms with Gasteiger partial charge in [-0.3, -0.25) is 0 Å². The average Bonchev–Trinajstić information content (AvgIpc) is 3.52. The van der Waals surface area contributed by atoms with Crippen molar-refractivity contribution in [2.24, 2.45) is 0 Å². The molecule has 8 aromatic rings. The summed E-state index contributed by atoms with van der Waals surface area (Å²) in [7, 11) is 0. The Kier molecular flexibility index (Phi) is 7.81. The first-order valence-electron chi connectivity index (χ1n) is 16.3. The number of fused-ring (bicyclic) bond motifs is 3. The fraction of sp³-hybridized carbons (Fsp3) is 0. The van der Waals surface area contributed by atoms with Gasteiger partial charge in [-0.1, -0.05) is 48.5 Å². The molecule has 0 unspecified atom stereocenters. The number of aromatic nitrogens is 1. The van der Waals surface area contributed by atoms with E-state index in [4.69, 9.17) is 0 Å². The first-order valence-corrected chi connectivity index (χ1v) is 16.3. The smallest absolute Gasteiger partial charge is 0.0992 e. The third-order valence-electron chi connectivity index (χ3n) is 8.86. The molecule has 0 saturated heterocycles. The van der Waals surface area contributed by atoms with Crippen molar-refractivity contribution in [1.29, 1.82) is 15.8 Å². The average molecular weight is 651 g/mol. The fourth-order valence-corrected chi connectivity index (χ4v) is 6.65. The number of anilines is 6. The second-order valence-electron chi connectivity index (χ2n) is 11.9. The van der Waals surface area contributed by atoms with Crippen molar-refractivity contribution < 1.29 is 0 Å². The Balaban J connectivity index is 1.40. The van der Waals surface area contributed by atoms with Crippen LogP contribution in [0.4, 0.5) is 34.1 Å². The van der Waals surface area contributed by atoms with Gasteiger partial charge >= 0.3 is 0 Å². The normalized spacial score (nSPS) is 10.5. The van der Waals surface area contributed by atoms with Gasteiger partial charge in [0.2, 0.25) is 0 Å². The molecule has 0 aliphatic carbocycles. The van der Waals surface area contributed by atoms with Crippen LogP contribution in [0.25, 0.3) is 27.5 Å². The Hall–Kier alpha value is -7.77. The van der Waals surface area contributed by atoms with Crippen LogP contribution in [0.5, 0.6) is 0 Å². The van der Waals surface area contributed by atoms with Crippen LogP contribution in [-0.4, -0.2) is 4.57 Å². The molecule has 0 atom stereocenters. The van der Waals surface area contributed by atoms with Gasteiger partial charge < -0.3 is 14.4 Å².